The molecule has 17 heavy (non-hydrogen) atoms. The fourth-order valence-corrected chi connectivity index (χ4v) is 2.22. The Morgan fingerprint density at radius 3 is 2.53 bits per heavy atom. The van der Waals surface area contributed by atoms with E-state index in [1.54, 1.807) is 0 Å². The maximum atomic E-state index is 13.8. The predicted octanol–water partition coefficient (Wildman–Crippen LogP) is 2.83. The molecule has 0 aliphatic heterocycles. The third-order valence-corrected chi connectivity index (χ3v) is 3.29. The molecule has 0 bridgehead atoms. The number of phenols is 1. The summed E-state index contributed by atoms with van der Waals surface area (Å²) in [7, 11) is 0. The van der Waals surface area contributed by atoms with E-state index in [1.807, 2.05) is 0 Å². The molecule has 92 valence electrons. The summed E-state index contributed by atoms with van der Waals surface area (Å²) in [6.07, 6.45) is 0.435. The van der Waals surface area contributed by atoms with Gasteiger partial charge in [0, 0.05) is 11.0 Å². The van der Waals surface area contributed by atoms with E-state index in [9.17, 15) is 18.7 Å². The van der Waals surface area contributed by atoms with Gasteiger partial charge in [-0.2, -0.15) is 0 Å². The average Bonchev–Trinajstić information content (AvgIpc) is 2.95. The van der Waals surface area contributed by atoms with E-state index >= 15 is 0 Å². The highest BCUT2D eigenvalue weighted by Gasteiger charge is 2.50. The molecule has 0 saturated heterocycles. The first kappa shape index (κ1) is 12.1. The normalized spacial score (nSPS) is 16.9. The van der Waals surface area contributed by atoms with Gasteiger partial charge in [-0.1, -0.05) is 11.6 Å². The van der Waals surface area contributed by atoms with Gasteiger partial charge in [0.15, 0.2) is 11.6 Å². The Kier molecular flexibility index (Phi) is 2.73. The maximum Gasteiger partial charge on any atom is 0.304 e. The first-order valence-electron chi connectivity index (χ1n) is 4.96. The first-order chi connectivity index (χ1) is 7.87. The van der Waals surface area contributed by atoms with Crippen molar-refractivity contribution in [2.24, 2.45) is 0 Å². The van der Waals surface area contributed by atoms with Crippen LogP contribution in [0.4, 0.5) is 8.78 Å². The highest BCUT2D eigenvalue weighted by atomic mass is 35.5. The van der Waals surface area contributed by atoms with E-state index in [1.165, 1.54) is 0 Å². The summed E-state index contributed by atoms with van der Waals surface area (Å²) < 4.78 is 27.0. The number of hydrogen-bond acceptors (Lipinski definition) is 2. The van der Waals surface area contributed by atoms with E-state index < -0.39 is 33.8 Å². The van der Waals surface area contributed by atoms with Crippen molar-refractivity contribution in [3.63, 3.8) is 0 Å². The zero-order chi connectivity index (χ0) is 12.8. The van der Waals surface area contributed by atoms with Crippen LogP contribution in [-0.4, -0.2) is 16.2 Å². The second-order valence-corrected chi connectivity index (χ2v) is 4.64. The van der Waals surface area contributed by atoms with Gasteiger partial charge in [0.2, 0.25) is 0 Å². The SMILES string of the molecule is O=C(O)CC1(c2c(O)c(F)cc(Cl)c2F)CC1. The zero-order valence-corrected chi connectivity index (χ0v) is 9.39. The molecule has 2 N–H and O–H groups in total. The minimum Gasteiger partial charge on any atom is -0.505 e. The van der Waals surface area contributed by atoms with Crippen LogP contribution in [0.15, 0.2) is 6.07 Å². The van der Waals surface area contributed by atoms with Crippen molar-refractivity contribution in [2.75, 3.05) is 0 Å². The number of aromatic hydroxyl groups is 1. The van der Waals surface area contributed by atoms with Crippen molar-refractivity contribution in [3.8, 4) is 5.75 Å². The van der Waals surface area contributed by atoms with E-state index in [4.69, 9.17) is 16.7 Å². The highest BCUT2D eigenvalue weighted by Crippen LogP contribution is 2.55. The first-order valence-corrected chi connectivity index (χ1v) is 5.34. The van der Waals surface area contributed by atoms with Gasteiger partial charge in [-0.05, 0) is 18.9 Å². The summed E-state index contributed by atoms with van der Waals surface area (Å²) >= 11 is 5.49. The van der Waals surface area contributed by atoms with Crippen LogP contribution in [0.25, 0.3) is 0 Å². The van der Waals surface area contributed by atoms with Crippen molar-refractivity contribution < 1.29 is 23.8 Å². The maximum absolute atomic E-state index is 13.8. The standard InChI is InChI=1S/C11H9ClF2O3/c12-5-3-6(13)10(17)8(9(5)14)11(1-2-11)4-7(15)16/h3,17H,1-2,4H2,(H,15,16). The Morgan fingerprint density at radius 2 is 2.06 bits per heavy atom. The lowest BCUT2D eigenvalue weighted by molar-refractivity contribution is -0.137. The second-order valence-electron chi connectivity index (χ2n) is 4.23. The summed E-state index contributed by atoms with van der Waals surface area (Å²) in [6, 6.07) is 0.673. The number of carboxylic acid groups (broad SMARTS) is 1. The Morgan fingerprint density at radius 1 is 1.47 bits per heavy atom. The Hall–Kier alpha value is -1.36. The molecule has 6 heteroatoms. The molecule has 1 aliphatic rings. The summed E-state index contributed by atoms with van der Waals surface area (Å²) in [6.45, 7) is 0. The van der Waals surface area contributed by atoms with E-state index in [2.05, 4.69) is 0 Å². The highest BCUT2D eigenvalue weighted by molar-refractivity contribution is 6.30. The number of halogens is 3. The van der Waals surface area contributed by atoms with Gasteiger partial charge in [-0.3, -0.25) is 4.79 Å². The fraction of sp³-hybridized carbons (Fsp3) is 0.364. The third-order valence-electron chi connectivity index (χ3n) is 3.02. The van der Waals surface area contributed by atoms with Crippen molar-refractivity contribution >= 4 is 17.6 Å². The zero-order valence-electron chi connectivity index (χ0n) is 8.64. The number of aliphatic carboxylic acids is 1. The Bertz CT molecular complexity index is 472. The quantitative estimate of drug-likeness (QED) is 0.824. The topological polar surface area (TPSA) is 57.5 Å². The molecule has 0 heterocycles. The van der Waals surface area contributed by atoms with Gasteiger partial charge < -0.3 is 10.2 Å². The van der Waals surface area contributed by atoms with E-state index in [0.29, 0.717) is 18.9 Å². The summed E-state index contributed by atoms with van der Waals surface area (Å²) in [5.41, 5.74) is -1.34. The second kappa shape index (κ2) is 3.84. The van der Waals surface area contributed by atoms with Crippen molar-refractivity contribution in [1.29, 1.82) is 0 Å². The molecular formula is C11H9ClF2O3. The van der Waals surface area contributed by atoms with Crippen LogP contribution in [0, 0.1) is 11.6 Å². The molecule has 1 aliphatic carbocycles. The number of hydrogen-bond donors (Lipinski definition) is 2. The van der Waals surface area contributed by atoms with Crippen LogP contribution < -0.4 is 0 Å². The van der Waals surface area contributed by atoms with E-state index in [-0.39, 0.29) is 12.0 Å². The van der Waals surface area contributed by atoms with Crippen LogP contribution in [0.5, 0.6) is 5.75 Å². The molecule has 3 nitrogen and oxygen atoms in total. The molecule has 1 saturated carbocycles. The van der Waals surface area contributed by atoms with Gasteiger partial charge in [0.05, 0.1) is 11.4 Å². The molecule has 0 radical (unpaired) electrons. The molecule has 0 spiro atoms. The minimum atomic E-state index is -1.12. The number of phenolic OH excluding ortho intramolecular Hbond substituents is 1. The van der Waals surface area contributed by atoms with Crippen LogP contribution >= 0.6 is 11.6 Å². The van der Waals surface area contributed by atoms with Crippen LogP contribution in [0.2, 0.25) is 5.02 Å². The molecule has 0 atom stereocenters. The molecule has 0 aromatic heterocycles. The average molecular weight is 263 g/mol. The molecule has 0 amide bonds. The van der Waals surface area contributed by atoms with Gasteiger partial charge in [0.1, 0.15) is 5.82 Å². The molecule has 2 rings (SSSR count). The van der Waals surface area contributed by atoms with Gasteiger partial charge >= 0.3 is 5.97 Å². The van der Waals surface area contributed by atoms with Crippen molar-refractivity contribution in [2.45, 2.75) is 24.7 Å². The monoisotopic (exact) mass is 262 g/mol. The van der Waals surface area contributed by atoms with Gasteiger partial charge in [-0.25, -0.2) is 8.78 Å². The molecule has 1 aromatic carbocycles. The van der Waals surface area contributed by atoms with Crippen molar-refractivity contribution in [1.82, 2.24) is 0 Å². The lowest BCUT2D eigenvalue weighted by Gasteiger charge is -2.16. The van der Waals surface area contributed by atoms with Gasteiger partial charge in [0.25, 0.3) is 0 Å². The Balaban J connectivity index is 2.55. The van der Waals surface area contributed by atoms with E-state index in [0.717, 1.165) is 0 Å². The predicted molar refractivity (Wildman–Crippen MR) is 56.2 cm³/mol. The van der Waals surface area contributed by atoms with Gasteiger partial charge in [-0.15, -0.1) is 0 Å². The third kappa shape index (κ3) is 1.95. The van der Waals surface area contributed by atoms with Crippen LogP contribution in [0.3, 0.4) is 0 Å². The molecular weight excluding hydrogens is 254 g/mol. The summed E-state index contributed by atoms with van der Waals surface area (Å²) in [5.74, 6) is -3.94. The number of benzene rings is 1. The summed E-state index contributed by atoms with van der Waals surface area (Å²) in [5, 5.41) is 17.8. The lowest BCUT2D eigenvalue weighted by atomic mass is 9.91. The number of carbonyl (C=O) groups is 1. The molecule has 0 unspecified atom stereocenters. The van der Waals surface area contributed by atoms with Crippen molar-refractivity contribution in [3.05, 3.63) is 28.3 Å². The number of rotatable bonds is 3. The molecule has 1 aromatic rings. The van der Waals surface area contributed by atoms with Crippen LogP contribution in [-0.2, 0) is 10.2 Å². The number of carboxylic acids is 1. The Labute approximate surface area is 101 Å². The minimum absolute atomic E-state index is 0.315. The summed E-state index contributed by atoms with van der Waals surface area (Å²) in [4.78, 5) is 10.7. The largest absolute Gasteiger partial charge is 0.505 e. The molecule has 1 fully saturated rings. The fourth-order valence-electron chi connectivity index (χ4n) is 2.03. The van der Waals surface area contributed by atoms with Crippen LogP contribution in [0.1, 0.15) is 24.8 Å². The lowest BCUT2D eigenvalue weighted by Crippen LogP contribution is -2.15. The smallest absolute Gasteiger partial charge is 0.304 e.